The molecule has 0 saturated carbocycles. The lowest BCUT2D eigenvalue weighted by Gasteiger charge is -2.10. The minimum Gasteiger partial charge on any atom is -0.322 e. The Morgan fingerprint density at radius 3 is 2.13 bits per heavy atom. The number of hydrogen-bond acceptors (Lipinski definition) is 5. The van der Waals surface area contributed by atoms with Gasteiger partial charge >= 0.3 is 0 Å². The highest BCUT2D eigenvalue weighted by Gasteiger charge is 2.17. The number of nitrogens with zero attached hydrogens (tertiary/aromatic N) is 1. The Bertz CT molecular complexity index is 1220. The van der Waals surface area contributed by atoms with E-state index in [2.05, 4.69) is 26.0 Å². The molecule has 3 rings (SSSR count). The van der Waals surface area contributed by atoms with Crippen molar-refractivity contribution in [2.45, 2.75) is 4.90 Å². The molecular formula is C19H13BrClN3O5S. The molecule has 0 aliphatic rings. The molecule has 3 aromatic rings. The molecule has 0 bridgehead atoms. The molecule has 11 heteroatoms. The van der Waals surface area contributed by atoms with Crippen LogP contribution >= 0.6 is 27.5 Å². The normalized spacial score (nSPS) is 11.0. The van der Waals surface area contributed by atoms with E-state index in [9.17, 15) is 23.3 Å². The van der Waals surface area contributed by atoms with E-state index in [4.69, 9.17) is 11.6 Å². The number of carbonyl (C=O) groups excluding carboxylic acids is 1. The first-order chi connectivity index (χ1) is 14.2. The van der Waals surface area contributed by atoms with Crippen LogP contribution < -0.4 is 10.0 Å². The summed E-state index contributed by atoms with van der Waals surface area (Å²) in [6, 6.07) is 15.7. The monoisotopic (exact) mass is 509 g/mol. The van der Waals surface area contributed by atoms with Gasteiger partial charge in [-0.25, -0.2) is 8.42 Å². The third-order valence-corrected chi connectivity index (χ3v) is 6.17. The molecule has 1 amide bonds. The molecule has 0 unspecified atom stereocenters. The predicted octanol–water partition coefficient (Wildman–Crippen LogP) is 5.06. The molecule has 3 aromatic carbocycles. The zero-order chi connectivity index (χ0) is 21.9. The Balaban J connectivity index is 1.73. The highest BCUT2D eigenvalue weighted by molar-refractivity contribution is 9.10. The summed E-state index contributed by atoms with van der Waals surface area (Å²) in [5.74, 6) is -0.585. The third-order valence-electron chi connectivity index (χ3n) is 3.93. The molecular weight excluding hydrogens is 498 g/mol. The summed E-state index contributed by atoms with van der Waals surface area (Å²) in [6.45, 7) is 0. The number of nitro benzene ring substituents is 1. The molecule has 0 spiro atoms. The van der Waals surface area contributed by atoms with Crippen molar-refractivity contribution in [2.24, 2.45) is 0 Å². The summed E-state index contributed by atoms with van der Waals surface area (Å²) >= 11 is 9.23. The van der Waals surface area contributed by atoms with Gasteiger partial charge in [0.2, 0.25) is 0 Å². The van der Waals surface area contributed by atoms with Gasteiger partial charge in [0.15, 0.2) is 0 Å². The summed E-state index contributed by atoms with van der Waals surface area (Å²) in [4.78, 5) is 22.5. The van der Waals surface area contributed by atoms with E-state index in [0.717, 1.165) is 10.5 Å². The molecule has 2 N–H and O–H groups in total. The maximum atomic E-state index is 12.5. The second-order valence-corrected chi connectivity index (χ2v) is 9.02. The lowest BCUT2D eigenvalue weighted by atomic mass is 10.2. The number of rotatable bonds is 6. The van der Waals surface area contributed by atoms with Crippen molar-refractivity contribution in [3.8, 4) is 0 Å². The first kappa shape index (κ1) is 21.8. The topological polar surface area (TPSA) is 118 Å². The van der Waals surface area contributed by atoms with Crippen LogP contribution in [0.25, 0.3) is 0 Å². The number of nitro groups is 1. The number of hydrogen-bond donors (Lipinski definition) is 2. The van der Waals surface area contributed by atoms with Gasteiger partial charge in [-0.2, -0.15) is 0 Å². The molecule has 0 aromatic heterocycles. The molecule has 0 aliphatic carbocycles. The van der Waals surface area contributed by atoms with Crippen molar-refractivity contribution in [2.75, 3.05) is 10.0 Å². The van der Waals surface area contributed by atoms with Gasteiger partial charge in [-0.15, -0.1) is 0 Å². The number of sulfonamides is 1. The number of anilines is 2. The van der Waals surface area contributed by atoms with Crippen molar-refractivity contribution in [3.63, 3.8) is 0 Å². The van der Waals surface area contributed by atoms with Crippen molar-refractivity contribution in [3.05, 3.63) is 91.9 Å². The minimum absolute atomic E-state index is 0.0109. The largest absolute Gasteiger partial charge is 0.322 e. The average Bonchev–Trinajstić information content (AvgIpc) is 2.69. The van der Waals surface area contributed by atoms with Gasteiger partial charge in [0.25, 0.3) is 21.6 Å². The highest BCUT2D eigenvalue weighted by atomic mass is 79.9. The molecule has 0 fully saturated rings. The fourth-order valence-electron chi connectivity index (χ4n) is 2.45. The summed E-state index contributed by atoms with van der Waals surface area (Å²) in [6.07, 6.45) is 0. The van der Waals surface area contributed by atoms with Crippen LogP contribution in [0.15, 0.2) is 76.1 Å². The molecule has 0 atom stereocenters. The lowest BCUT2D eigenvalue weighted by molar-refractivity contribution is -0.384. The van der Waals surface area contributed by atoms with E-state index < -0.39 is 20.9 Å². The van der Waals surface area contributed by atoms with E-state index in [0.29, 0.717) is 11.4 Å². The SMILES string of the molecule is O=C(Nc1ccc(S(=O)(=O)Nc2ccc(Br)cc2)cc1)c1ccc([N+](=O)[O-])cc1Cl. The van der Waals surface area contributed by atoms with Crippen molar-refractivity contribution in [1.82, 2.24) is 0 Å². The Morgan fingerprint density at radius 1 is 0.967 bits per heavy atom. The minimum atomic E-state index is -3.81. The maximum absolute atomic E-state index is 12.5. The van der Waals surface area contributed by atoms with Gasteiger partial charge in [0.05, 0.1) is 20.4 Å². The van der Waals surface area contributed by atoms with Gasteiger partial charge in [-0.3, -0.25) is 19.6 Å². The first-order valence-electron chi connectivity index (χ1n) is 8.29. The third kappa shape index (κ3) is 5.15. The summed E-state index contributed by atoms with van der Waals surface area (Å²) in [5, 5.41) is 13.3. The fourth-order valence-corrected chi connectivity index (χ4v) is 4.03. The number of non-ortho nitro benzene ring substituents is 1. The van der Waals surface area contributed by atoms with Crippen LogP contribution in [0.1, 0.15) is 10.4 Å². The number of carbonyl (C=O) groups is 1. The first-order valence-corrected chi connectivity index (χ1v) is 10.9. The zero-order valence-electron chi connectivity index (χ0n) is 15.0. The van der Waals surface area contributed by atoms with Crippen molar-refractivity contribution in [1.29, 1.82) is 0 Å². The summed E-state index contributed by atoms with van der Waals surface area (Å²) in [7, 11) is -3.81. The Labute approximate surface area is 185 Å². The number of halogens is 2. The van der Waals surface area contributed by atoms with Crippen LogP contribution in [-0.2, 0) is 10.0 Å². The lowest BCUT2D eigenvalue weighted by Crippen LogP contribution is -2.14. The van der Waals surface area contributed by atoms with Crippen LogP contribution in [0.4, 0.5) is 17.1 Å². The number of nitrogens with one attached hydrogen (secondary N) is 2. The van der Waals surface area contributed by atoms with E-state index in [1.165, 1.54) is 36.4 Å². The van der Waals surface area contributed by atoms with Crippen LogP contribution in [0.5, 0.6) is 0 Å². The van der Waals surface area contributed by atoms with Crippen LogP contribution in [-0.4, -0.2) is 19.2 Å². The molecule has 154 valence electrons. The standard InChI is InChI=1S/C19H13BrClN3O5S/c20-12-1-3-14(4-2-12)23-30(28,29)16-8-5-13(6-9-16)22-19(25)17-10-7-15(24(26)27)11-18(17)21/h1-11,23H,(H,22,25). The van der Waals surface area contributed by atoms with Gasteiger partial charge in [-0.05, 0) is 54.6 Å². The van der Waals surface area contributed by atoms with Gasteiger partial charge in [0, 0.05) is 28.0 Å². The van der Waals surface area contributed by atoms with E-state index in [-0.39, 0.29) is 21.2 Å². The Kier molecular flexibility index (Phi) is 6.40. The molecule has 0 aliphatic heterocycles. The van der Waals surface area contributed by atoms with Crippen molar-refractivity contribution < 1.29 is 18.1 Å². The number of amides is 1. The van der Waals surface area contributed by atoms with Crippen LogP contribution in [0.3, 0.4) is 0 Å². The summed E-state index contributed by atoms with van der Waals surface area (Å²) in [5.41, 5.74) is 0.556. The molecule has 30 heavy (non-hydrogen) atoms. The second kappa shape index (κ2) is 8.82. The smallest absolute Gasteiger partial charge is 0.270 e. The van der Waals surface area contributed by atoms with E-state index in [1.54, 1.807) is 24.3 Å². The van der Waals surface area contributed by atoms with Crippen molar-refractivity contribution >= 4 is 60.5 Å². The predicted molar refractivity (Wildman–Crippen MR) is 117 cm³/mol. The fraction of sp³-hybridized carbons (Fsp3) is 0. The van der Waals surface area contributed by atoms with E-state index >= 15 is 0 Å². The molecule has 8 nitrogen and oxygen atoms in total. The van der Waals surface area contributed by atoms with Crippen LogP contribution in [0.2, 0.25) is 5.02 Å². The van der Waals surface area contributed by atoms with Gasteiger partial charge in [-0.1, -0.05) is 27.5 Å². The van der Waals surface area contributed by atoms with Gasteiger partial charge in [0.1, 0.15) is 0 Å². The van der Waals surface area contributed by atoms with Crippen LogP contribution in [0, 0.1) is 10.1 Å². The average molecular weight is 511 g/mol. The number of benzene rings is 3. The Morgan fingerprint density at radius 2 is 1.57 bits per heavy atom. The quantitative estimate of drug-likeness (QED) is 0.355. The highest BCUT2D eigenvalue weighted by Crippen LogP contribution is 2.24. The molecule has 0 heterocycles. The molecule has 0 saturated heterocycles. The van der Waals surface area contributed by atoms with E-state index in [1.807, 2.05) is 0 Å². The summed E-state index contributed by atoms with van der Waals surface area (Å²) < 4.78 is 28.3. The maximum Gasteiger partial charge on any atom is 0.270 e. The second-order valence-electron chi connectivity index (χ2n) is 6.01. The van der Waals surface area contributed by atoms with Gasteiger partial charge < -0.3 is 5.32 Å². The Hall–Kier alpha value is -2.95. The zero-order valence-corrected chi connectivity index (χ0v) is 18.2. The molecule has 0 radical (unpaired) electrons.